The van der Waals surface area contributed by atoms with E-state index in [1.165, 1.54) is 0 Å². The number of carbonyl (C=O) groups is 1. The van der Waals surface area contributed by atoms with Crippen molar-refractivity contribution in [2.24, 2.45) is 0 Å². The smallest absolute Gasteiger partial charge is 0.251 e. The number of carbonyl (C=O) groups excluding carboxylic acids is 1. The van der Waals surface area contributed by atoms with E-state index in [9.17, 15) is 15.2 Å². The van der Waals surface area contributed by atoms with Crippen LogP contribution in [0.15, 0.2) is 54.7 Å². The fourth-order valence-electron chi connectivity index (χ4n) is 3.32. The normalized spacial score (nSPS) is 17.5. The zero-order valence-electron chi connectivity index (χ0n) is 14.0. The van der Waals surface area contributed by atoms with Gasteiger partial charge in [0.15, 0.2) is 0 Å². The predicted octanol–water partition coefficient (Wildman–Crippen LogP) is 2.07. The Balaban J connectivity index is 1.63. The van der Waals surface area contributed by atoms with Crippen molar-refractivity contribution in [2.75, 3.05) is 13.1 Å². The number of rotatable bonds is 4. The molecule has 1 fully saturated rings. The molecular weight excluding hydrogens is 314 g/mol. The second-order valence-corrected chi connectivity index (χ2v) is 6.44. The number of hydrogen-bond acceptors (Lipinski definition) is 4. The van der Waals surface area contributed by atoms with Crippen LogP contribution in [0.4, 0.5) is 0 Å². The molecule has 0 radical (unpaired) electrons. The summed E-state index contributed by atoms with van der Waals surface area (Å²) < 4.78 is 0. The van der Waals surface area contributed by atoms with E-state index >= 15 is 0 Å². The number of aromatic nitrogens is 1. The summed E-state index contributed by atoms with van der Waals surface area (Å²) in [7, 11) is 0. The molecule has 1 N–H and O–H groups in total. The van der Waals surface area contributed by atoms with Gasteiger partial charge in [0, 0.05) is 25.7 Å². The molecular formula is C20H21N3O2. The summed E-state index contributed by atoms with van der Waals surface area (Å²) in [5, 5.41) is 19.9. The first-order valence-electron chi connectivity index (χ1n) is 8.48. The molecule has 0 aliphatic carbocycles. The minimum atomic E-state index is -1.05. The third kappa shape index (κ3) is 3.70. The molecule has 1 aromatic heterocycles. The quantitative estimate of drug-likeness (QED) is 0.928. The van der Waals surface area contributed by atoms with E-state index < -0.39 is 11.5 Å². The van der Waals surface area contributed by atoms with Crippen LogP contribution in [0.2, 0.25) is 0 Å². The largest absolute Gasteiger partial charge is 0.383 e. The highest BCUT2D eigenvalue weighted by molar-refractivity contribution is 5.81. The van der Waals surface area contributed by atoms with Crippen LogP contribution in [-0.4, -0.2) is 40.1 Å². The van der Waals surface area contributed by atoms with Crippen LogP contribution in [0.1, 0.15) is 24.1 Å². The van der Waals surface area contributed by atoms with Gasteiger partial charge in [-0.3, -0.25) is 9.78 Å². The van der Waals surface area contributed by atoms with Crippen molar-refractivity contribution in [3.8, 4) is 6.07 Å². The van der Waals surface area contributed by atoms with E-state index in [-0.39, 0.29) is 5.91 Å². The third-order valence-corrected chi connectivity index (χ3v) is 4.85. The molecule has 1 aliphatic heterocycles. The lowest BCUT2D eigenvalue weighted by Crippen LogP contribution is -2.48. The Hall–Kier alpha value is -2.71. The zero-order chi connectivity index (χ0) is 17.7. The molecule has 1 aliphatic rings. The number of nitrogens with zero attached hydrogens (tertiary/aromatic N) is 3. The van der Waals surface area contributed by atoms with Crippen LogP contribution in [0.3, 0.4) is 0 Å². The summed E-state index contributed by atoms with van der Waals surface area (Å²) in [5.41, 5.74) is 1.04. The van der Waals surface area contributed by atoms with E-state index in [1.54, 1.807) is 11.1 Å². The summed E-state index contributed by atoms with van der Waals surface area (Å²) in [6, 6.07) is 17.4. The topological polar surface area (TPSA) is 77.2 Å². The third-order valence-electron chi connectivity index (χ3n) is 4.85. The van der Waals surface area contributed by atoms with Crippen molar-refractivity contribution in [2.45, 2.75) is 30.8 Å². The maximum absolute atomic E-state index is 12.5. The minimum absolute atomic E-state index is 0.267. The summed E-state index contributed by atoms with van der Waals surface area (Å²) in [4.78, 5) is 18.5. The monoisotopic (exact) mass is 335 g/mol. The molecule has 128 valence electrons. The molecule has 2 aromatic rings. The van der Waals surface area contributed by atoms with Crippen molar-refractivity contribution in [3.63, 3.8) is 0 Å². The van der Waals surface area contributed by atoms with Crippen molar-refractivity contribution < 1.29 is 9.90 Å². The van der Waals surface area contributed by atoms with E-state index in [0.717, 1.165) is 11.3 Å². The molecule has 0 saturated carbocycles. The molecule has 0 unspecified atom stereocenters. The lowest BCUT2D eigenvalue weighted by molar-refractivity contribution is -0.141. The van der Waals surface area contributed by atoms with Gasteiger partial charge >= 0.3 is 0 Å². The second-order valence-electron chi connectivity index (χ2n) is 6.44. The Morgan fingerprint density at radius 2 is 1.88 bits per heavy atom. The Bertz CT molecular complexity index is 748. The number of benzene rings is 1. The van der Waals surface area contributed by atoms with Crippen LogP contribution in [0, 0.1) is 11.3 Å². The molecule has 2 heterocycles. The standard InChI is InChI=1S/C20H21N3O2/c21-15-20(18-8-4-5-11-22-18)9-12-23(13-10-20)19(25)17(24)14-16-6-2-1-3-7-16/h1-8,11,17,24H,9-10,12-14H2/t17-/m0/s1. The lowest BCUT2D eigenvalue weighted by Gasteiger charge is -2.37. The van der Waals surface area contributed by atoms with Crippen LogP contribution in [0.25, 0.3) is 0 Å². The van der Waals surface area contributed by atoms with E-state index in [0.29, 0.717) is 32.4 Å². The van der Waals surface area contributed by atoms with Crippen molar-refractivity contribution in [1.29, 1.82) is 5.26 Å². The summed E-state index contributed by atoms with van der Waals surface area (Å²) in [5.74, 6) is -0.267. The minimum Gasteiger partial charge on any atom is -0.383 e. The zero-order valence-corrected chi connectivity index (χ0v) is 14.0. The summed E-state index contributed by atoms with van der Waals surface area (Å²) >= 11 is 0. The van der Waals surface area contributed by atoms with E-state index in [4.69, 9.17) is 0 Å². The molecule has 5 nitrogen and oxygen atoms in total. The number of nitriles is 1. The van der Waals surface area contributed by atoms with E-state index in [1.807, 2.05) is 48.5 Å². The number of aliphatic hydroxyl groups is 1. The van der Waals surface area contributed by atoms with Crippen LogP contribution < -0.4 is 0 Å². The average Bonchev–Trinajstić information content (AvgIpc) is 2.69. The maximum Gasteiger partial charge on any atom is 0.251 e. The van der Waals surface area contributed by atoms with Crippen molar-refractivity contribution in [3.05, 3.63) is 66.0 Å². The highest BCUT2D eigenvalue weighted by atomic mass is 16.3. The fourth-order valence-corrected chi connectivity index (χ4v) is 3.32. The molecule has 1 aromatic carbocycles. The first kappa shape index (κ1) is 17.1. The van der Waals surface area contributed by atoms with Gasteiger partial charge < -0.3 is 10.0 Å². The van der Waals surface area contributed by atoms with E-state index in [2.05, 4.69) is 11.1 Å². The molecule has 1 atom stereocenters. The van der Waals surface area contributed by atoms with Crippen molar-refractivity contribution in [1.82, 2.24) is 9.88 Å². The SMILES string of the molecule is N#CC1(c2ccccn2)CCN(C(=O)[C@@H](O)Cc2ccccc2)CC1. The van der Waals surface area contributed by atoms with Gasteiger partial charge in [0.2, 0.25) is 0 Å². The predicted molar refractivity (Wildman–Crippen MR) is 93.5 cm³/mol. The molecule has 5 heteroatoms. The number of aliphatic hydroxyl groups excluding tert-OH is 1. The highest BCUT2D eigenvalue weighted by Gasteiger charge is 2.39. The first-order valence-corrected chi connectivity index (χ1v) is 8.48. The molecule has 1 amide bonds. The average molecular weight is 335 g/mol. The summed E-state index contributed by atoms with van der Waals surface area (Å²) in [6.07, 6.45) is 2.01. The maximum atomic E-state index is 12.5. The van der Waals surface area contributed by atoms with Gasteiger partial charge in [-0.1, -0.05) is 36.4 Å². The number of amides is 1. The number of likely N-dealkylation sites (tertiary alicyclic amines) is 1. The molecule has 25 heavy (non-hydrogen) atoms. The summed E-state index contributed by atoms with van der Waals surface area (Å²) in [6.45, 7) is 0.906. The number of piperidine rings is 1. The van der Waals surface area contributed by atoms with Gasteiger partial charge in [-0.05, 0) is 30.5 Å². The van der Waals surface area contributed by atoms with Gasteiger partial charge in [-0.25, -0.2) is 0 Å². The van der Waals surface area contributed by atoms with Gasteiger partial charge in [-0.2, -0.15) is 5.26 Å². The molecule has 0 bridgehead atoms. The van der Waals surface area contributed by atoms with Gasteiger partial charge in [0.05, 0.1) is 11.8 Å². The molecule has 0 spiro atoms. The number of pyridine rings is 1. The Kier molecular flexibility index (Phi) is 5.11. The Labute approximate surface area is 147 Å². The van der Waals surface area contributed by atoms with Crippen molar-refractivity contribution >= 4 is 5.91 Å². The van der Waals surface area contributed by atoms with Gasteiger partial charge in [-0.15, -0.1) is 0 Å². The lowest BCUT2D eigenvalue weighted by atomic mass is 9.76. The Morgan fingerprint density at radius 1 is 1.20 bits per heavy atom. The number of hydrogen-bond donors (Lipinski definition) is 1. The molecule has 3 rings (SSSR count). The first-order chi connectivity index (χ1) is 12.1. The van der Waals surface area contributed by atoms with Crippen LogP contribution in [-0.2, 0) is 16.6 Å². The fraction of sp³-hybridized carbons (Fsp3) is 0.350. The highest BCUT2D eigenvalue weighted by Crippen LogP contribution is 2.33. The van der Waals surface area contributed by atoms with Crippen LogP contribution >= 0.6 is 0 Å². The second kappa shape index (κ2) is 7.45. The van der Waals surface area contributed by atoms with Gasteiger partial charge in [0.25, 0.3) is 5.91 Å². The molecule has 1 saturated heterocycles. The Morgan fingerprint density at radius 3 is 2.48 bits per heavy atom. The van der Waals surface area contributed by atoms with Gasteiger partial charge in [0.1, 0.15) is 11.5 Å². The van der Waals surface area contributed by atoms with Crippen LogP contribution in [0.5, 0.6) is 0 Å².